The normalized spacial score (nSPS) is 21.7. The number of rotatable bonds is 5. The first-order chi connectivity index (χ1) is 9.36. The Balaban J connectivity index is 2.13. The Morgan fingerprint density at radius 1 is 1.45 bits per heavy atom. The molecule has 1 aliphatic carbocycles. The molecule has 0 radical (unpaired) electrons. The molecule has 0 saturated heterocycles. The summed E-state index contributed by atoms with van der Waals surface area (Å²) < 4.78 is 42.0. The summed E-state index contributed by atoms with van der Waals surface area (Å²) in [6, 6.07) is 2.14. The Hall–Kier alpha value is -1.63. The first-order valence-corrected chi connectivity index (χ1v) is 6.30. The Kier molecular flexibility index (Phi) is 4.27. The average molecular weight is 290 g/mol. The number of alkyl halides is 2. The molecule has 0 aliphatic heterocycles. The third-order valence-corrected chi connectivity index (χ3v) is 3.45. The lowest BCUT2D eigenvalue weighted by Gasteiger charge is -2.35. The second-order valence-corrected chi connectivity index (χ2v) is 5.09. The molecule has 0 amide bonds. The maximum Gasteiger partial charge on any atom is 0.387 e. The average Bonchev–Trinajstić information content (AvgIpc) is 2.30. The smallest absolute Gasteiger partial charge is 0.387 e. The van der Waals surface area contributed by atoms with Gasteiger partial charge in [0.2, 0.25) is 0 Å². The van der Waals surface area contributed by atoms with Gasteiger partial charge in [0, 0.05) is 25.7 Å². The van der Waals surface area contributed by atoms with E-state index in [1.165, 1.54) is 6.07 Å². The summed E-state index contributed by atoms with van der Waals surface area (Å²) in [6.45, 7) is -2.48. The van der Waals surface area contributed by atoms with Gasteiger partial charge in [0.1, 0.15) is 0 Å². The van der Waals surface area contributed by atoms with Gasteiger partial charge in [-0.05, 0) is 18.8 Å². The Morgan fingerprint density at radius 2 is 2.10 bits per heavy atom. The predicted molar refractivity (Wildman–Crippen MR) is 69.4 cm³/mol. The van der Waals surface area contributed by atoms with Crippen LogP contribution in [0.25, 0.3) is 0 Å². The Bertz CT molecular complexity index is 479. The van der Waals surface area contributed by atoms with Crippen LogP contribution in [0.4, 0.5) is 24.5 Å². The van der Waals surface area contributed by atoms with Gasteiger partial charge in [0.25, 0.3) is 0 Å². The molecule has 0 aromatic heterocycles. The molecule has 7 heteroatoms. The Morgan fingerprint density at radius 3 is 2.65 bits per heavy atom. The van der Waals surface area contributed by atoms with Gasteiger partial charge in [-0.3, -0.25) is 0 Å². The van der Waals surface area contributed by atoms with Crippen LogP contribution in [0.1, 0.15) is 12.8 Å². The van der Waals surface area contributed by atoms with Crippen molar-refractivity contribution >= 4 is 11.4 Å². The molecular weight excluding hydrogens is 273 g/mol. The van der Waals surface area contributed by atoms with Gasteiger partial charge in [0.05, 0.1) is 17.5 Å². The van der Waals surface area contributed by atoms with Crippen LogP contribution in [-0.4, -0.2) is 31.4 Å². The number of aliphatic hydroxyl groups is 1. The lowest BCUT2D eigenvalue weighted by molar-refractivity contribution is -0.0521. The van der Waals surface area contributed by atoms with Gasteiger partial charge < -0.3 is 20.5 Å². The number of hydrogen-bond donors (Lipinski definition) is 2. The summed E-state index contributed by atoms with van der Waals surface area (Å²) in [5.74, 6) is -1.12. The summed E-state index contributed by atoms with van der Waals surface area (Å²) in [4.78, 5) is 1.75. The van der Waals surface area contributed by atoms with Crippen LogP contribution in [0.5, 0.6) is 5.75 Å². The highest BCUT2D eigenvalue weighted by Gasteiger charge is 2.28. The van der Waals surface area contributed by atoms with E-state index in [1.807, 2.05) is 0 Å². The summed E-state index contributed by atoms with van der Waals surface area (Å²) in [5, 5.41) is 9.24. The van der Waals surface area contributed by atoms with E-state index in [-0.39, 0.29) is 11.8 Å². The van der Waals surface area contributed by atoms with E-state index in [9.17, 15) is 18.3 Å². The largest absolute Gasteiger partial charge is 0.432 e. The molecule has 0 bridgehead atoms. The van der Waals surface area contributed by atoms with Crippen molar-refractivity contribution in [3.63, 3.8) is 0 Å². The van der Waals surface area contributed by atoms with Gasteiger partial charge in [-0.15, -0.1) is 0 Å². The number of hydrogen-bond acceptors (Lipinski definition) is 4. The van der Waals surface area contributed by atoms with E-state index in [0.29, 0.717) is 31.0 Å². The summed E-state index contributed by atoms with van der Waals surface area (Å²) in [7, 11) is 1.74. The zero-order chi connectivity index (χ0) is 14.9. The number of ether oxygens (including phenoxy) is 1. The van der Waals surface area contributed by atoms with Crippen molar-refractivity contribution in [2.75, 3.05) is 24.2 Å². The van der Waals surface area contributed by atoms with Crippen LogP contribution in [-0.2, 0) is 0 Å². The molecule has 3 N–H and O–H groups in total. The molecule has 0 heterocycles. The highest BCUT2D eigenvalue weighted by molar-refractivity contribution is 5.69. The van der Waals surface area contributed by atoms with Gasteiger partial charge >= 0.3 is 6.61 Å². The predicted octanol–water partition coefficient (Wildman–Crippen LogP) is 2.22. The highest BCUT2D eigenvalue weighted by atomic mass is 19.3. The molecule has 1 saturated carbocycles. The van der Waals surface area contributed by atoms with E-state index in [4.69, 9.17) is 5.73 Å². The number of benzene rings is 1. The van der Waals surface area contributed by atoms with E-state index in [1.54, 1.807) is 11.9 Å². The number of nitrogens with two attached hydrogens (primary N) is 1. The minimum Gasteiger partial charge on any atom is -0.432 e. The molecule has 1 fully saturated rings. The third-order valence-electron chi connectivity index (χ3n) is 3.45. The van der Waals surface area contributed by atoms with E-state index in [0.717, 1.165) is 6.07 Å². The SMILES string of the molecule is CN(CC1CC(O)C1)c1cc(OC(F)F)c(F)cc1N. The molecule has 20 heavy (non-hydrogen) atoms. The van der Waals surface area contributed by atoms with Crippen molar-refractivity contribution in [2.45, 2.75) is 25.6 Å². The van der Waals surface area contributed by atoms with Crippen LogP contribution in [0.3, 0.4) is 0 Å². The molecule has 1 aliphatic rings. The van der Waals surface area contributed by atoms with Crippen molar-refractivity contribution in [3.8, 4) is 5.75 Å². The zero-order valence-electron chi connectivity index (χ0n) is 11.0. The van der Waals surface area contributed by atoms with Crippen molar-refractivity contribution in [3.05, 3.63) is 17.9 Å². The van der Waals surface area contributed by atoms with Crippen molar-refractivity contribution in [2.24, 2.45) is 5.92 Å². The first-order valence-electron chi connectivity index (χ1n) is 6.30. The topological polar surface area (TPSA) is 58.7 Å². The van der Waals surface area contributed by atoms with Crippen LogP contribution < -0.4 is 15.4 Å². The van der Waals surface area contributed by atoms with Gasteiger partial charge in [0.15, 0.2) is 11.6 Å². The second-order valence-electron chi connectivity index (χ2n) is 5.09. The fourth-order valence-electron chi connectivity index (χ4n) is 2.41. The molecule has 112 valence electrons. The molecule has 0 spiro atoms. The van der Waals surface area contributed by atoms with Crippen molar-refractivity contribution < 1.29 is 23.0 Å². The number of nitrogens with zero attached hydrogens (tertiary/aromatic N) is 1. The standard InChI is InChI=1S/C13H17F3N2O2/c1-18(6-7-2-8(19)3-7)11-5-12(20-13(15)16)9(14)4-10(11)17/h4-5,7-8,13,19H,2-3,6,17H2,1H3. The molecule has 1 aromatic rings. The van der Waals surface area contributed by atoms with E-state index >= 15 is 0 Å². The van der Waals surface area contributed by atoms with E-state index < -0.39 is 18.2 Å². The first kappa shape index (κ1) is 14.8. The van der Waals surface area contributed by atoms with Crippen LogP contribution in [0.2, 0.25) is 0 Å². The van der Waals surface area contributed by atoms with Gasteiger partial charge in [-0.1, -0.05) is 0 Å². The Labute approximate surface area is 114 Å². The fourth-order valence-corrected chi connectivity index (χ4v) is 2.41. The lowest BCUT2D eigenvalue weighted by atomic mass is 9.82. The van der Waals surface area contributed by atoms with E-state index in [2.05, 4.69) is 4.74 Å². The number of halogens is 3. The molecule has 2 rings (SSSR count). The zero-order valence-corrected chi connectivity index (χ0v) is 11.0. The number of anilines is 2. The maximum atomic E-state index is 13.5. The molecule has 1 aromatic carbocycles. The van der Waals surface area contributed by atoms with Gasteiger partial charge in [-0.2, -0.15) is 8.78 Å². The van der Waals surface area contributed by atoms with Crippen LogP contribution in [0, 0.1) is 11.7 Å². The highest BCUT2D eigenvalue weighted by Crippen LogP contribution is 2.34. The minimum atomic E-state index is -3.09. The van der Waals surface area contributed by atoms with Crippen LogP contribution >= 0.6 is 0 Å². The summed E-state index contributed by atoms with van der Waals surface area (Å²) >= 11 is 0. The number of aliphatic hydroxyl groups excluding tert-OH is 1. The monoisotopic (exact) mass is 290 g/mol. The van der Waals surface area contributed by atoms with Crippen molar-refractivity contribution in [1.82, 2.24) is 0 Å². The molecular formula is C13H17F3N2O2. The quantitative estimate of drug-likeness (QED) is 0.816. The van der Waals surface area contributed by atoms with Crippen molar-refractivity contribution in [1.29, 1.82) is 0 Å². The fraction of sp³-hybridized carbons (Fsp3) is 0.538. The summed E-state index contributed by atoms with van der Waals surface area (Å²) in [5.41, 5.74) is 6.30. The number of nitrogen functional groups attached to an aromatic ring is 1. The van der Waals surface area contributed by atoms with Gasteiger partial charge in [-0.25, -0.2) is 4.39 Å². The molecule has 0 atom stereocenters. The van der Waals surface area contributed by atoms with Crippen LogP contribution in [0.15, 0.2) is 12.1 Å². The molecule has 0 unspecified atom stereocenters. The lowest BCUT2D eigenvalue weighted by Crippen LogP contribution is -2.37. The maximum absolute atomic E-state index is 13.5. The third kappa shape index (κ3) is 3.27. The summed E-state index contributed by atoms with van der Waals surface area (Å²) in [6.07, 6.45) is 1.13. The minimum absolute atomic E-state index is 0.159. The molecule has 4 nitrogen and oxygen atoms in total. The second kappa shape index (κ2) is 5.78.